The van der Waals surface area contributed by atoms with Crippen LogP contribution >= 0.6 is 0 Å². The minimum atomic E-state index is -1.13. The molecule has 1 atom stereocenters. The maximum atomic E-state index is 10.5. The number of guanidine groups is 1. The first-order chi connectivity index (χ1) is 11.4. The molecule has 0 radical (unpaired) electrons. The van der Waals surface area contributed by atoms with Gasteiger partial charge in [-0.3, -0.25) is 0 Å². The summed E-state index contributed by atoms with van der Waals surface area (Å²) in [5.74, 6) is 1.27. The molecule has 0 fully saturated rings. The van der Waals surface area contributed by atoms with Crippen LogP contribution in [0.5, 0.6) is 0 Å². The topological polar surface area (TPSA) is 61.0 Å². The van der Waals surface area contributed by atoms with Crippen LogP contribution in [0.15, 0.2) is 52.1 Å². The number of nitrogens with one attached hydrogen (secondary N) is 1. The van der Waals surface area contributed by atoms with Gasteiger partial charge in [-0.25, -0.2) is 4.99 Å². The van der Waals surface area contributed by atoms with Gasteiger partial charge in [-0.15, -0.1) is 0 Å². The average Bonchev–Trinajstić information content (AvgIpc) is 3.09. The number of aryl methyl sites for hydroxylation is 1. The molecule has 0 aliphatic rings. The third-order valence-corrected chi connectivity index (χ3v) is 3.83. The van der Waals surface area contributed by atoms with E-state index in [0.29, 0.717) is 5.76 Å². The molecule has 0 saturated carbocycles. The van der Waals surface area contributed by atoms with E-state index >= 15 is 0 Å². The van der Waals surface area contributed by atoms with Crippen LogP contribution in [0.2, 0.25) is 0 Å². The predicted molar refractivity (Wildman–Crippen MR) is 96.9 cm³/mol. The van der Waals surface area contributed by atoms with E-state index in [2.05, 4.69) is 41.5 Å². The Morgan fingerprint density at radius 1 is 1.29 bits per heavy atom. The molecule has 1 heterocycles. The quantitative estimate of drug-likeness (QED) is 0.632. The molecular weight excluding hydrogens is 302 g/mol. The Balaban J connectivity index is 2.08. The fraction of sp³-hybridized carbons (Fsp3) is 0.421. The lowest BCUT2D eigenvalue weighted by atomic mass is 10.0. The lowest BCUT2D eigenvalue weighted by Crippen LogP contribution is -2.39. The molecule has 0 aliphatic carbocycles. The highest BCUT2D eigenvalue weighted by Gasteiger charge is 2.26. The molecule has 0 amide bonds. The van der Waals surface area contributed by atoms with Crippen molar-refractivity contribution in [3.63, 3.8) is 0 Å². The zero-order valence-corrected chi connectivity index (χ0v) is 14.9. The molecule has 1 unspecified atom stereocenters. The second-order valence-electron chi connectivity index (χ2n) is 6.26. The summed E-state index contributed by atoms with van der Waals surface area (Å²) in [5.41, 5.74) is 1.33. The van der Waals surface area contributed by atoms with Crippen molar-refractivity contribution in [2.45, 2.75) is 32.9 Å². The summed E-state index contributed by atoms with van der Waals surface area (Å²) in [6, 6.07) is 12.0. The van der Waals surface area contributed by atoms with Gasteiger partial charge in [-0.05, 0) is 38.5 Å². The summed E-state index contributed by atoms with van der Waals surface area (Å²) < 4.78 is 5.30. The fourth-order valence-corrected chi connectivity index (χ4v) is 2.40. The van der Waals surface area contributed by atoms with Gasteiger partial charge >= 0.3 is 0 Å². The molecule has 24 heavy (non-hydrogen) atoms. The first-order valence-corrected chi connectivity index (χ1v) is 8.23. The van der Waals surface area contributed by atoms with E-state index in [-0.39, 0.29) is 6.54 Å². The number of rotatable bonds is 6. The highest BCUT2D eigenvalue weighted by molar-refractivity contribution is 5.79. The Kier molecular flexibility index (Phi) is 6.04. The Hall–Kier alpha value is -2.27. The van der Waals surface area contributed by atoms with Crippen LogP contribution in [-0.4, -0.2) is 36.1 Å². The molecule has 0 aliphatic heterocycles. The van der Waals surface area contributed by atoms with Crippen molar-refractivity contribution in [3.05, 3.63) is 59.5 Å². The van der Waals surface area contributed by atoms with Gasteiger partial charge in [0.2, 0.25) is 0 Å². The molecule has 5 nitrogen and oxygen atoms in total. The first kappa shape index (κ1) is 18.1. The van der Waals surface area contributed by atoms with Crippen molar-refractivity contribution in [1.29, 1.82) is 0 Å². The maximum Gasteiger partial charge on any atom is 0.194 e. The van der Waals surface area contributed by atoms with Crippen molar-refractivity contribution in [2.24, 2.45) is 4.99 Å². The van der Waals surface area contributed by atoms with Crippen LogP contribution in [0.1, 0.15) is 30.7 Å². The molecule has 130 valence electrons. The Morgan fingerprint density at radius 3 is 2.58 bits per heavy atom. The molecule has 0 bridgehead atoms. The van der Waals surface area contributed by atoms with Gasteiger partial charge in [0.1, 0.15) is 11.4 Å². The fourth-order valence-electron chi connectivity index (χ4n) is 2.40. The number of benzene rings is 1. The van der Waals surface area contributed by atoms with Crippen molar-refractivity contribution in [1.82, 2.24) is 10.2 Å². The Labute approximate surface area is 144 Å². The third-order valence-electron chi connectivity index (χ3n) is 3.83. The molecular formula is C19H27N3O2. The summed E-state index contributed by atoms with van der Waals surface area (Å²) in [5, 5.41) is 13.8. The van der Waals surface area contributed by atoms with Crippen LogP contribution in [0.25, 0.3) is 0 Å². The highest BCUT2D eigenvalue weighted by atomic mass is 16.4. The van der Waals surface area contributed by atoms with Crippen LogP contribution in [0.3, 0.4) is 0 Å². The van der Waals surface area contributed by atoms with Gasteiger partial charge in [0.25, 0.3) is 0 Å². The lowest BCUT2D eigenvalue weighted by molar-refractivity contribution is 0.0435. The van der Waals surface area contributed by atoms with E-state index in [1.807, 2.05) is 18.9 Å². The average molecular weight is 329 g/mol. The van der Waals surface area contributed by atoms with E-state index in [1.165, 1.54) is 11.1 Å². The number of nitrogens with zero attached hydrogens (tertiary/aromatic N) is 2. The maximum absolute atomic E-state index is 10.5. The number of aliphatic imine (C=N–C) groups is 1. The Bertz CT molecular complexity index is 646. The van der Waals surface area contributed by atoms with E-state index in [1.54, 1.807) is 25.3 Å². The minimum absolute atomic E-state index is 0.223. The third kappa shape index (κ3) is 4.86. The number of furan rings is 1. The van der Waals surface area contributed by atoms with E-state index < -0.39 is 5.60 Å². The van der Waals surface area contributed by atoms with Crippen molar-refractivity contribution >= 4 is 5.96 Å². The highest BCUT2D eigenvalue weighted by Crippen LogP contribution is 2.21. The van der Waals surface area contributed by atoms with E-state index in [0.717, 1.165) is 19.0 Å². The largest absolute Gasteiger partial charge is 0.466 e. The minimum Gasteiger partial charge on any atom is -0.466 e. The molecule has 2 aromatic rings. The van der Waals surface area contributed by atoms with E-state index in [4.69, 9.17) is 4.42 Å². The van der Waals surface area contributed by atoms with Gasteiger partial charge in [0.05, 0.1) is 12.8 Å². The van der Waals surface area contributed by atoms with E-state index in [9.17, 15) is 5.11 Å². The van der Waals surface area contributed by atoms with Crippen LogP contribution < -0.4 is 5.32 Å². The molecule has 0 spiro atoms. The molecule has 5 heteroatoms. The standard InChI is InChI=1S/C19H27N3O2/c1-5-20-18(21-14-19(3,23)17-7-6-12-24-17)22(4)13-16-10-8-15(2)9-11-16/h6-12,23H,5,13-14H2,1-4H3,(H,20,21). The monoisotopic (exact) mass is 329 g/mol. The summed E-state index contributed by atoms with van der Waals surface area (Å²) in [6.07, 6.45) is 1.56. The molecule has 1 aromatic heterocycles. The summed E-state index contributed by atoms with van der Waals surface area (Å²) >= 11 is 0. The Morgan fingerprint density at radius 2 is 2.00 bits per heavy atom. The summed E-state index contributed by atoms with van der Waals surface area (Å²) in [4.78, 5) is 6.62. The zero-order valence-electron chi connectivity index (χ0n) is 14.9. The SMILES string of the molecule is CCNC(=NCC(C)(O)c1ccco1)N(C)Cc1ccc(C)cc1. The smallest absolute Gasteiger partial charge is 0.194 e. The summed E-state index contributed by atoms with van der Waals surface area (Å²) in [6.45, 7) is 7.55. The predicted octanol–water partition coefficient (Wildman–Crippen LogP) is 2.89. The van der Waals surface area contributed by atoms with Crippen LogP contribution in [-0.2, 0) is 12.1 Å². The van der Waals surface area contributed by atoms with Crippen LogP contribution in [0.4, 0.5) is 0 Å². The number of hydrogen-bond acceptors (Lipinski definition) is 3. The second kappa shape index (κ2) is 8.02. The lowest BCUT2D eigenvalue weighted by Gasteiger charge is -2.24. The molecule has 1 aromatic carbocycles. The van der Waals surface area contributed by atoms with Crippen LogP contribution in [0, 0.1) is 6.92 Å². The number of hydrogen-bond donors (Lipinski definition) is 2. The summed E-state index contributed by atoms with van der Waals surface area (Å²) in [7, 11) is 1.99. The normalized spacial score (nSPS) is 14.3. The van der Waals surface area contributed by atoms with Crippen molar-refractivity contribution < 1.29 is 9.52 Å². The second-order valence-corrected chi connectivity index (χ2v) is 6.26. The number of aliphatic hydroxyl groups is 1. The van der Waals surface area contributed by atoms with Gasteiger partial charge in [0, 0.05) is 20.1 Å². The zero-order chi connectivity index (χ0) is 17.6. The van der Waals surface area contributed by atoms with Crippen molar-refractivity contribution in [2.75, 3.05) is 20.1 Å². The van der Waals surface area contributed by atoms with Crippen molar-refractivity contribution in [3.8, 4) is 0 Å². The first-order valence-electron chi connectivity index (χ1n) is 8.23. The van der Waals surface area contributed by atoms with Gasteiger partial charge in [0.15, 0.2) is 5.96 Å². The van der Waals surface area contributed by atoms with Gasteiger partial charge in [-0.1, -0.05) is 29.8 Å². The molecule has 2 N–H and O–H groups in total. The van der Waals surface area contributed by atoms with Gasteiger partial charge in [-0.2, -0.15) is 0 Å². The molecule has 2 rings (SSSR count). The van der Waals surface area contributed by atoms with Gasteiger partial charge < -0.3 is 19.7 Å². The molecule has 0 saturated heterocycles.